The number of fused-ring (bicyclic) bond motifs is 1. The van der Waals surface area contributed by atoms with Crippen molar-refractivity contribution in [3.05, 3.63) is 101 Å². The molecule has 0 radical (unpaired) electrons. The number of aromatic hydroxyl groups is 1. The molecule has 6 heteroatoms. The zero-order valence-electron chi connectivity index (χ0n) is 17.4. The first kappa shape index (κ1) is 19.1. The molecular weight excluding hydrogens is 388 g/mol. The van der Waals surface area contributed by atoms with Crippen molar-refractivity contribution >= 4 is 5.65 Å². The SMILES string of the molecule is Cc1noc(C)c1Cc1nc2c(Cc3ccccc3)nc(-c3ccccc3)cn2c1O. The van der Waals surface area contributed by atoms with E-state index in [-0.39, 0.29) is 5.88 Å². The number of hydrogen-bond donors (Lipinski definition) is 1. The molecule has 0 unspecified atom stereocenters. The highest BCUT2D eigenvalue weighted by Gasteiger charge is 2.20. The second kappa shape index (κ2) is 7.72. The first-order valence-electron chi connectivity index (χ1n) is 10.2. The van der Waals surface area contributed by atoms with Crippen LogP contribution in [0.2, 0.25) is 0 Å². The molecule has 3 heterocycles. The zero-order valence-corrected chi connectivity index (χ0v) is 17.4. The first-order valence-corrected chi connectivity index (χ1v) is 10.2. The van der Waals surface area contributed by atoms with Crippen LogP contribution in [0.25, 0.3) is 16.9 Å². The number of imidazole rings is 1. The maximum absolute atomic E-state index is 11.1. The Morgan fingerprint density at radius 3 is 2.26 bits per heavy atom. The first-order chi connectivity index (χ1) is 15.1. The van der Waals surface area contributed by atoms with E-state index in [0.717, 1.165) is 39.5 Å². The predicted octanol–water partition coefficient (Wildman–Crippen LogP) is 4.89. The lowest BCUT2D eigenvalue weighted by Gasteiger charge is -2.08. The number of hydrogen-bond acceptors (Lipinski definition) is 5. The average Bonchev–Trinajstić information content (AvgIpc) is 3.29. The second-order valence-corrected chi connectivity index (χ2v) is 7.66. The lowest BCUT2D eigenvalue weighted by Crippen LogP contribution is -2.00. The molecule has 0 saturated carbocycles. The normalized spacial score (nSPS) is 11.3. The summed E-state index contributed by atoms with van der Waals surface area (Å²) in [5, 5.41) is 15.1. The molecule has 154 valence electrons. The number of aryl methyl sites for hydroxylation is 2. The quantitative estimate of drug-likeness (QED) is 0.446. The molecule has 0 saturated heterocycles. The minimum Gasteiger partial charge on any atom is -0.493 e. The van der Waals surface area contributed by atoms with Gasteiger partial charge < -0.3 is 9.63 Å². The highest BCUT2D eigenvalue weighted by molar-refractivity contribution is 5.63. The van der Waals surface area contributed by atoms with Gasteiger partial charge in [0.25, 0.3) is 0 Å². The Bertz CT molecular complexity index is 1340. The molecule has 6 nitrogen and oxygen atoms in total. The van der Waals surface area contributed by atoms with Gasteiger partial charge in [0, 0.05) is 30.2 Å². The molecule has 0 amide bonds. The van der Waals surface area contributed by atoms with E-state index < -0.39 is 0 Å². The van der Waals surface area contributed by atoms with Crippen LogP contribution in [0.15, 0.2) is 71.4 Å². The second-order valence-electron chi connectivity index (χ2n) is 7.66. The van der Waals surface area contributed by atoms with E-state index in [1.807, 2.05) is 68.6 Å². The van der Waals surface area contributed by atoms with E-state index in [1.165, 1.54) is 0 Å². The van der Waals surface area contributed by atoms with Crippen LogP contribution in [-0.4, -0.2) is 24.6 Å². The van der Waals surface area contributed by atoms with Crippen molar-refractivity contribution in [3.8, 4) is 17.1 Å². The molecule has 2 aromatic carbocycles. The third-order valence-electron chi connectivity index (χ3n) is 5.53. The van der Waals surface area contributed by atoms with Crippen molar-refractivity contribution in [2.75, 3.05) is 0 Å². The monoisotopic (exact) mass is 410 g/mol. The largest absolute Gasteiger partial charge is 0.493 e. The van der Waals surface area contributed by atoms with Gasteiger partial charge in [-0.25, -0.2) is 9.97 Å². The predicted molar refractivity (Wildman–Crippen MR) is 118 cm³/mol. The Labute approximate surface area is 179 Å². The van der Waals surface area contributed by atoms with Gasteiger partial charge in [0.1, 0.15) is 11.5 Å². The van der Waals surface area contributed by atoms with Crippen molar-refractivity contribution in [1.29, 1.82) is 0 Å². The third kappa shape index (κ3) is 3.57. The fraction of sp³-hybridized carbons (Fsp3) is 0.160. The van der Waals surface area contributed by atoms with E-state index in [1.54, 1.807) is 4.40 Å². The van der Waals surface area contributed by atoms with Crippen LogP contribution in [0.3, 0.4) is 0 Å². The lowest BCUT2D eigenvalue weighted by molar-refractivity contribution is 0.392. The molecule has 0 bridgehead atoms. The van der Waals surface area contributed by atoms with Crippen LogP contribution in [0.5, 0.6) is 5.88 Å². The molecule has 31 heavy (non-hydrogen) atoms. The molecule has 0 atom stereocenters. The maximum Gasteiger partial charge on any atom is 0.219 e. The summed E-state index contributed by atoms with van der Waals surface area (Å²) < 4.78 is 7.02. The van der Waals surface area contributed by atoms with Gasteiger partial charge in [-0.2, -0.15) is 0 Å². The van der Waals surface area contributed by atoms with Crippen LogP contribution in [0.4, 0.5) is 0 Å². The van der Waals surface area contributed by atoms with Crippen molar-refractivity contribution in [3.63, 3.8) is 0 Å². The summed E-state index contributed by atoms with van der Waals surface area (Å²) in [4.78, 5) is 9.71. The summed E-state index contributed by atoms with van der Waals surface area (Å²) in [5.74, 6) is 0.852. The Balaban J connectivity index is 1.67. The van der Waals surface area contributed by atoms with Crippen molar-refractivity contribution in [2.24, 2.45) is 0 Å². The summed E-state index contributed by atoms with van der Waals surface area (Å²) in [5.41, 5.74) is 6.71. The van der Waals surface area contributed by atoms with Crippen molar-refractivity contribution in [2.45, 2.75) is 26.7 Å². The standard InChI is InChI=1S/C25H22N4O2/c1-16-20(17(2)31-28-16)14-22-25(30)29-15-23(19-11-7-4-8-12-19)26-21(24(29)27-22)13-18-9-5-3-6-10-18/h3-12,15,30H,13-14H2,1-2H3. The number of nitrogens with zero attached hydrogens (tertiary/aromatic N) is 4. The Morgan fingerprint density at radius 1 is 0.871 bits per heavy atom. The summed E-state index contributed by atoms with van der Waals surface area (Å²) in [6.45, 7) is 3.77. The number of benzene rings is 2. The highest BCUT2D eigenvalue weighted by Crippen LogP contribution is 2.29. The van der Waals surface area contributed by atoms with Gasteiger partial charge in [0.05, 0.1) is 17.1 Å². The fourth-order valence-corrected chi connectivity index (χ4v) is 3.84. The number of rotatable bonds is 5. The van der Waals surface area contributed by atoms with Crippen molar-refractivity contribution in [1.82, 2.24) is 19.5 Å². The smallest absolute Gasteiger partial charge is 0.219 e. The van der Waals surface area contributed by atoms with Crippen LogP contribution < -0.4 is 0 Å². The maximum atomic E-state index is 11.1. The highest BCUT2D eigenvalue weighted by atomic mass is 16.5. The molecule has 0 aliphatic heterocycles. The summed E-state index contributed by atoms with van der Waals surface area (Å²) >= 11 is 0. The third-order valence-corrected chi connectivity index (χ3v) is 5.53. The minimum atomic E-state index is 0.115. The molecule has 0 fully saturated rings. The zero-order chi connectivity index (χ0) is 21.4. The molecule has 0 spiro atoms. The Hall–Kier alpha value is -3.93. The molecule has 1 N–H and O–H groups in total. The van der Waals surface area contributed by atoms with E-state index in [4.69, 9.17) is 14.5 Å². The van der Waals surface area contributed by atoms with Gasteiger partial charge in [-0.15, -0.1) is 0 Å². The van der Waals surface area contributed by atoms with Gasteiger partial charge in [-0.3, -0.25) is 4.40 Å². The van der Waals surface area contributed by atoms with Crippen LogP contribution in [0.1, 0.15) is 34.0 Å². The van der Waals surface area contributed by atoms with Gasteiger partial charge in [0.2, 0.25) is 5.88 Å². The molecule has 0 aliphatic carbocycles. The molecule has 5 aromatic rings. The lowest BCUT2D eigenvalue weighted by atomic mass is 10.1. The summed E-state index contributed by atoms with van der Waals surface area (Å²) in [6, 6.07) is 20.1. The van der Waals surface area contributed by atoms with Crippen LogP contribution in [0, 0.1) is 13.8 Å². The van der Waals surface area contributed by atoms with Gasteiger partial charge in [-0.05, 0) is 19.4 Å². The molecule has 0 aliphatic rings. The van der Waals surface area contributed by atoms with E-state index in [0.29, 0.717) is 24.2 Å². The Kier molecular flexibility index (Phi) is 4.75. The summed E-state index contributed by atoms with van der Waals surface area (Å²) in [7, 11) is 0. The van der Waals surface area contributed by atoms with Crippen molar-refractivity contribution < 1.29 is 9.63 Å². The van der Waals surface area contributed by atoms with E-state index >= 15 is 0 Å². The number of aromatic nitrogens is 4. The minimum absolute atomic E-state index is 0.115. The van der Waals surface area contributed by atoms with Gasteiger partial charge in [0.15, 0.2) is 5.65 Å². The van der Waals surface area contributed by atoms with Gasteiger partial charge >= 0.3 is 0 Å². The Morgan fingerprint density at radius 2 is 1.58 bits per heavy atom. The molecule has 3 aromatic heterocycles. The fourth-order valence-electron chi connectivity index (χ4n) is 3.84. The van der Waals surface area contributed by atoms with E-state index in [2.05, 4.69) is 17.3 Å². The molecular formula is C25H22N4O2. The van der Waals surface area contributed by atoms with Gasteiger partial charge in [-0.1, -0.05) is 65.8 Å². The average molecular weight is 410 g/mol. The topological polar surface area (TPSA) is 76.5 Å². The summed E-state index contributed by atoms with van der Waals surface area (Å²) in [6.07, 6.45) is 2.91. The van der Waals surface area contributed by atoms with Crippen LogP contribution in [-0.2, 0) is 12.8 Å². The van der Waals surface area contributed by atoms with E-state index in [9.17, 15) is 5.11 Å². The molecule has 5 rings (SSSR count). The van der Waals surface area contributed by atoms with Crippen LogP contribution >= 0.6 is 0 Å².